The molecular formula is C14H22N4O2. The van der Waals surface area contributed by atoms with E-state index in [0.717, 1.165) is 25.0 Å². The molecule has 2 rings (SSSR count). The first-order valence-electron chi connectivity index (χ1n) is 6.96. The fourth-order valence-corrected chi connectivity index (χ4v) is 2.64. The van der Waals surface area contributed by atoms with Crippen LogP contribution in [0, 0.1) is 0 Å². The Morgan fingerprint density at radius 1 is 1.50 bits per heavy atom. The van der Waals surface area contributed by atoms with Crippen molar-refractivity contribution in [3.8, 4) is 0 Å². The molecule has 0 unspecified atom stereocenters. The summed E-state index contributed by atoms with van der Waals surface area (Å²) in [4.78, 5) is 6.68. The summed E-state index contributed by atoms with van der Waals surface area (Å²) >= 11 is 0. The Kier molecular flexibility index (Phi) is 4.44. The molecule has 1 heterocycles. The number of hydrogen-bond acceptors (Lipinski definition) is 5. The smallest absolute Gasteiger partial charge is 0.173 e. The van der Waals surface area contributed by atoms with Gasteiger partial charge < -0.3 is 20.9 Å². The van der Waals surface area contributed by atoms with E-state index in [2.05, 4.69) is 5.16 Å². The number of aliphatic hydroxyl groups is 1. The molecule has 1 aliphatic rings. The van der Waals surface area contributed by atoms with Gasteiger partial charge >= 0.3 is 0 Å². The van der Waals surface area contributed by atoms with Crippen LogP contribution in [0.3, 0.4) is 0 Å². The Morgan fingerprint density at radius 3 is 2.85 bits per heavy atom. The molecule has 6 nitrogen and oxygen atoms in total. The van der Waals surface area contributed by atoms with Gasteiger partial charge in [0.2, 0.25) is 0 Å². The number of nitrogens with zero attached hydrogens (tertiary/aromatic N) is 3. The van der Waals surface area contributed by atoms with Gasteiger partial charge in [-0.2, -0.15) is 0 Å². The normalized spacial score (nSPS) is 14.7. The predicted molar refractivity (Wildman–Crippen MR) is 78.3 cm³/mol. The van der Waals surface area contributed by atoms with E-state index in [0.29, 0.717) is 17.9 Å². The molecule has 0 amide bonds. The summed E-state index contributed by atoms with van der Waals surface area (Å²) in [7, 11) is 0. The SMILES string of the molecule is CC(C)N(CCO)c1nc2c(cc1C(N)=NO)CCC2. The average molecular weight is 278 g/mol. The van der Waals surface area contributed by atoms with Gasteiger partial charge in [0.15, 0.2) is 5.84 Å². The maximum Gasteiger partial charge on any atom is 0.173 e. The zero-order valence-corrected chi connectivity index (χ0v) is 12.0. The lowest BCUT2D eigenvalue weighted by Gasteiger charge is -2.29. The molecule has 0 aliphatic heterocycles. The Bertz CT molecular complexity index is 514. The Labute approximate surface area is 118 Å². The van der Waals surface area contributed by atoms with Crippen molar-refractivity contribution in [2.24, 2.45) is 10.9 Å². The van der Waals surface area contributed by atoms with Crippen molar-refractivity contribution in [3.63, 3.8) is 0 Å². The molecule has 0 fully saturated rings. The average Bonchev–Trinajstić information content (AvgIpc) is 2.89. The number of oxime groups is 1. The molecule has 0 spiro atoms. The summed E-state index contributed by atoms with van der Waals surface area (Å²) in [6.45, 7) is 4.56. The van der Waals surface area contributed by atoms with Crippen LogP contribution in [0.4, 0.5) is 5.82 Å². The number of amidine groups is 1. The van der Waals surface area contributed by atoms with Crippen LogP contribution in [0.2, 0.25) is 0 Å². The van der Waals surface area contributed by atoms with Crippen molar-refractivity contribution in [2.45, 2.75) is 39.2 Å². The molecule has 20 heavy (non-hydrogen) atoms. The van der Waals surface area contributed by atoms with Gasteiger partial charge in [-0.1, -0.05) is 5.16 Å². The molecule has 1 aromatic rings. The fraction of sp³-hybridized carbons (Fsp3) is 0.571. The second kappa shape index (κ2) is 6.09. The van der Waals surface area contributed by atoms with E-state index in [1.165, 1.54) is 5.56 Å². The number of aromatic nitrogens is 1. The van der Waals surface area contributed by atoms with Crippen LogP contribution in [0.15, 0.2) is 11.2 Å². The maximum atomic E-state index is 9.25. The number of fused-ring (bicyclic) bond motifs is 1. The number of rotatable bonds is 5. The van der Waals surface area contributed by atoms with Gasteiger partial charge in [0.05, 0.1) is 12.2 Å². The van der Waals surface area contributed by atoms with Gasteiger partial charge in [-0.05, 0) is 44.7 Å². The van der Waals surface area contributed by atoms with Crippen LogP contribution in [-0.4, -0.2) is 40.3 Å². The second-order valence-corrected chi connectivity index (χ2v) is 5.31. The van der Waals surface area contributed by atoms with Crippen LogP contribution in [-0.2, 0) is 12.8 Å². The zero-order chi connectivity index (χ0) is 14.7. The molecule has 0 atom stereocenters. The number of nitrogens with two attached hydrogens (primary N) is 1. The summed E-state index contributed by atoms with van der Waals surface area (Å²) in [6.07, 6.45) is 3.03. The van der Waals surface area contributed by atoms with E-state index in [1.807, 2.05) is 24.8 Å². The highest BCUT2D eigenvalue weighted by Crippen LogP contribution is 2.28. The van der Waals surface area contributed by atoms with Crippen molar-refractivity contribution >= 4 is 11.7 Å². The number of anilines is 1. The van der Waals surface area contributed by atoms with Crippen molar-refractivity contribution in [2.75, 3.05) is 18.1 Å². The number of aryl methyl sites for hydroxylation is 2. The first-order valence-corrected chi connectivity index (χ1v) is 6.96. The van der Waals surface area contributed by atoms with Crippen molar-refractivity contribution < 1.29 is 10.3 Å². The summed E-state index contributed by atoms with van der Waals surface area (Å²) < 4.78 is 0. The van der Waals surface area contributed by atoms with Gasteiger partial charge in [0.1, 0.15) is 5.82 Å². The van der Waals surface area contributed by atoms with Gasteiger partial charge in [-0.25, -0.2) is 4.98 Å². The van der Waals surface area contributed by atoms with E-state index in [9.17, 15) is 5.11 Å². The second-order valence-electron chi connectivity index (χ2n) is 5.31. The molecule has 0 bridgehead atoms. The van der Waals surface area contributed by atoms with E-state index in [4.69, 9.17) is 15.9 Å². The van der Waals surface area contributed by atoms with Crippen LogP contribution in [0.5, 0.6) is 0 Å². The Balaban J connectivity index is 2.54. The topological polar surface area (TPSA) is 95.0 Å². The highest BCUT2D eigenvalue weighted by atomic mass is 16.4. The molecule has 0 saturated heterocycles. The quantitative estimate of drug-likeness (QED) is 0.321. The fourth-order valence-electron chi connectivity index (χ4n) is 2.64. The van der Waals surface area contributed by atoms with E-state index in [1.54, 1.807) is 0 Å². The van der Waals surface area contributed by atoms with E-state index < -0.39 is 0 Å². The monoisotopic (exact) mass is 278 g/mol. The summed E-state index contributed by atoms with van der Waals surface area (Å²) in [6, 6.07) is 2.13. The first-order chi connectivity index (χ1) is 9.58. The van der Waals surface area contributed by atoms with Gasteiger partial charge in [0.25, 0.3) is 0 Å². The summed E-state index contributed by atoms with van der Waals surface area (Å²) in [5.41, 5.74) is 8.68. The zero-order valence-electron chi connectivity index (χ0n) is 12.0. The van der Waals surface area contributed by atoms with Crippen molar-refractivity contribution in [1.82, 2.24) is 4.98 Å². The highest BCUT2D eigenvalue weighted by Gasteiger charge is 2.23. The minimum atomic E-state index is 0.0343. The number of hydrogen-bond donors (Lipinski definition) is 3. The third kappa shape index (κ3) is 2.70. The molecule has 1 aromatic heterocycles. The third-order valence-electron chi connectivity index (χ3n) is 3.65. The first kappa shape index (κ1) is 14.6. The lowest BCUT2D eigenvalue weighted by molar-refractivity contribution is 0.298. The molecule has 0 saturated carbocycles. The summed E-state index contributed by atoms with van der Waals surface area (Å²) in [5, 5.41) is 21.3. The Hall–Kier alpha value is -1.82. The third-order valence-corrected chi connectivity index (χ3v) is 3.65. The minimum absolute atomic E-state index is 0.0343. The number of pyridine rings is 1. The molecule has 6 heteroatoms. The largest absolute Gasteiger partial charge is 0.409 e. The van der Waals surface area contributed by atoms with Crippen LogP contribution in [0.25, 0.3) is 0 Å². The standard InChI is InChI=1S/C14H22N4O2/c1-9(2)18(6-7-19)14-11(13(15)17-20)8-10-4-3-5-12(10)16-14/h8-9,19-20H,3-7H2,1-2H3,(H2,15,17). The predicted octanol–water partition coefficient (Wildman–Crippen LogP) is 0.872. The van der Waals surface area contributed by atoms with Crippen LogP contribution >= 0.6 is 0 Å². The Morgan fingerprint density at radius 2 is 2.25 bits per heavy atom. The van der Waals surface area contributed by atoms with Gasteiger partial charge in [-0.15, -0.1) is 0 Å². The number of aliphatic hydroxyl groups excluding tert-OH is 1. The van der Waals surface area contributed by atoms with Crippen molar-refractivity contribution in [3.05, 3.63) is 22.9 Å². The summed E-state index contributed by atoms with van der Waals surface area (Å²) in [5.74, 6) is 0.746. The molecule has 1 aliphatic carbocycles. The molecular weight excluding hydrogens is 256 g/mol. The highest BCUT2D eigenvalue weighted by molar-refractivity contribution is 6.01. The molecule has 0 radical (unpaired) electrons. The lowest BCUT2D eigenvalue weighted by Crippen LogP contribution is -2.36. The van der Waals surface area contributed by atoms with Gasteiger partial charge in [-0.3, -0.25) is 0 Å². The molecule has 110 valence electrons. The minimum Gasteiger partial charge on any atom is -0.409 e. The lowest BCUT2D eigenvalue weighted by atomic mass is 10.1. The van der Waals surface area contributed by atoms with E-state index >= 15 is 0 Å². The van der Waals surface area contributed by atoms with E-state index in [-0.39, 0.29) is 18.5 Å². The maximum absolute atomic E-state index is 9.25. The van der Waals surface area contributed by atoms with Crippen LogP contribution in [0.1, 0.15) is 37.1 Å². The van der Waals surface area contributed by atoms with Crippen LogP contribution < -0.4 is 10.6 Å². The molecule has 4 N–H and O–H groups in total. The van der Waals surface area contributed by atoms with Crippen molar-refractivity contribution in [1.29, 1.82) is 0 Å². The molecule has 0 aromatic carbocycles. The van der Waals surface area contributed by atoms with Gasteiger partial charge in [0, 0.05) is 18.3 Å².